The third kappa shape index (κ3) is 71.7. The Morgan fingerprint density at radius 1 is 0.280 bits per heavy atom. The number of unbranched alkanes of at least 4 members (excludes halogenated alkanes) is 48. The minimum atomic E-state index is -4.96. The Hall–Kier alpha value is -1.94. The molecule has 0 aromatic rings. The van der Waals surface area contributed by atoms with Crippen molar-refractivity contribution in [3.8, 4) is 0 Å². The summed E-state index contributed by atoms with van der Waals surface area (Å²) in [4.78, 5) is 72.8. The van der Waals surface area contributed by atoms with Gasteiger partial charge in [-0.2, -0.15) is 0 Å². The van der Waals surface area contributed by atoms with Crippen LogP contribution in [0.3, 0.4) is 0 Å². The second-order valence-corrected chi connectivity index (χ2v) is 32.6. The zero-order valence-electron chi connectivity index (χ0n) is 65.5. The van der Waals surface area contributed by atoms with Gasteiger partial charge in [0.15, 0.2) is 12.2 Å². The zero-order chi connectivity index (χ0) is 73.5. The molecule has 19 heteroatoms. The van der Waals surface area contributed by atoms with Gasteiger partial charge in [-0.1, -0.05) is 375 Å². The summed E-state index contributed by atoms with van der Waals surface area (Å²) in [5.41, 5.74) is 0. The second-order valence-electron chi connectivity index (χ2n) is 29.6. The first-order valence-corrected chi connectivity index (χ1v) is 45.1. The summed E-state index contributed by atoms with van der Waals surface area (Å²) in [5, 5.41) is 10.6. The summed E-state index contributed by atoms with van der Waals surface area (Å²) in [5.74, 6) is -0.528. The number of carbonyl (C=O) groups excluding carboxylic acids is 4. The molecule has 0 aliphatic heterocycles. The molecule has 0 radical (unpaired) electrons. The summed E-state index contributed by atoms with van der Waals surface area (Å²) >= 11 is 0. The van der Waals surface area contributed by atoms with Gasteiger partial charge in [0, 0.05) is 25.7 Å². The van der Waals surface area contributed by atoms with Crippen molar-refractivity contribution < 1.29 is 80.2 Å². The maximum absolute atomic E-state index is 13.1. The molecule has 0 spiro atoms. The topological polar surface area (TPSA) is 237 Å². The fourth-order valence-corrected chi connectivity index (χ4v) is 14.1. The summed E-state index contributed by atoms with van der Waals surface area (Å²) in [7, 11) is -9.91. The summed E-state index contributed by atoms with van der Waals surface area (Å²) < 4.78 is 68.5. The van der Waals surface area contributed by atoms with Gasteiger partial charge >= 0.3 is 39.5 Å². The van der Waals surface area contributed by atoms with Crippen LogP contribution in [0.5, 0.6) is 0 Å². The van der Waals surface area contributed by atoms with E-state index in [-0.39, 0.29) is 25.7 Å². The number of hydrogen-bond acceptors (Lipinski definition) is 15. The summed E-state index contributed by atoms with van der Waals surface area (Å²) in [6.45, 7) is 9.59. The number of esters is 4. The molecule has 0 amide bonds. The van der Waals surface area contributed by atoms with Gasteiger partial charge in [0.1, 0.15) is 19.3 Å². The number of carbonyl (C=O) groups is 4. The molecule has 3 N–H and O–H groups in total. The molecule has 7 atom stereocenters. The van der Waals surface area contributed by atoms with Crippen LogP contribution >= 0.6 is 15.6 Å². The Morgan fingerprint density at radius 3 is 0.710 bits per heavy atom. The van der Waals surface area contributed by atoms with Crippen molar-refractivity contribution in [2.24, 2.45) is 11.8 Å². The van der Waals surface area contributed by atoms with Crippen LogP contribution in [-0.2, 0) is 65.4 Å². The number of ether oxygens (including phenoxy) is 4. The predicted molar refractivity (Wildman–Crippen MR) is 409 cm³/mol. The first-order valence-electron chi connectivity index (χ1n) is 42.1. The smallest absolute Gasteiger partial charge is 0.462 e. The molecule has 0 saturated heterocycles. The highest BCUT2D eigenvalue weighted by molar-refractivity contribution is 7.47. The van der Waals surface area contributed by atoms with Crippen LogP contribution in [-0.4, -0.2) is 96.7 Å². The molecule has 0 saturated carbocycles. The minimum absolute atomic E-state index is 0.103. The average Bonchev–Trinajstić information content (AvgIpc) is 0.934. The van der Waals surface area contributed by atoms with Crippen LogP contribution < -0.4 is 0 Å². The molecule has 0 rings (SSSR count). The number of rotatable bonds is 80. The third-order valence-electron chi connectivity index (χ3n) is 19.7. The van der Waals surface area contributed by atoms with Crippen molar-refractivity contribution in [2.45, 2.75) is 445 Å². The Balaban J connectivity index is 5.13. The van der Waals surface area contributed by atoms with Crippen LogP contribution in [0.4, 0.5) is 0 Å². The number of aliphatic hydroxyl groups is 1. The average molecular weight is 1470 g/mol. The van der Waals surface area contributed by atoms with E-state index in [2.05, 4.69) is 41.5 Å². The molecule has 594 valence electrons. The highest BCUT2D eigenvalue weighted by atomic mass is 31.2. The standard InChI is InChI=1S/C81H158O17P2/c1-7-11-13-15-17-18-19-20-21-22-23-24-25-29-32-35-38-41-45-52-58-64-79(84)92-70-76(97-80(85)65-59-53-46-42-39-36-33-30-27-26-28-31-34-37-40-44-49-55-61-73(5)9-3)71-95-99(87,88)93-67-75(82)68-94-100(89,90)96-72-77(69-91-78(83)63-57-51-43-16-14-12-8-2)98-81(86)66-60-54-48-47-50-56-62-74(6)10-4/h73-77,82H,7-72H2,1-6H3,(H,87,88)(H,89,90)/t73?,74?,75-,76-,77-/m1/s1. The molecular formula is C81H158O17P2. The maximum atomic E-state index is 13.1. The number of aliphatic hydroxyl groups excluding tert-OH is 1. The van der Waals surface area contributed by atoms with Crippen LogP contribution in [0.1, 0.15) is 427 Å². The molecular weight excluding hydrogens is 1310 g/mol. The van der Waals surface area contributed by atoms with Crippen molar-refractivity contribution in [3.63, 3.8) is 0 Å². The molecule has 0 bridgehead atoms. The molecule has 0 aliphatic carbocycles. The summed E-state index contributed by atoms with van der Waals surface area (Å²) in [6, 6.07) is 0. The SMILES string of the molecule is CCCCCCCCCCCCCCCCCCCCCCCC(=O)OC[C@H](COP(=O)(O)OC[C@@H](O)COP(=O)(O)OC[C@@H](COC(=O)CCCCCCCCC)OC(=O)CCCCCCCCC(C)CC)OC(=O)CCCCCCCCCCCCCCCCCCCCC(C)CC. The number of hydrogen-bond donors (Lipinski definition) is 3. The maximum Gasteiger partial charge on any atom is 0.472 e. The lowest BCUT2D eigenvalue weighted by molar-refractivity contribution is -0.161. The lowest BCUT2D eigenvalue weighted by Crippen LogP contribution is -2.30. The number of phosphoric ester groups is 2. The molecule has 0 aromatic heterocycles. The van der Waals surface area contributed by atoms with E-state index in [1.807, 2.05) is 0 Å². The van der Waals surface area contributed by atoms with E-state index in [9.17, 15) is 43.2 Å². The zero-order valence-corrected chi connectivity index (χ0v) is 67.3. The third-order valence-corrected chi connectivity index (χ3v) is 21.6. The largest absolute Gasteiger partial charge is 0.472 e. The molecule has 0 fully saturated rings. The van der Waals surface area contributed by atoms with Crippen LogP contribution in [0.15, 0.2) is 0 Å². The lowest BCUT2D eigenvalue weighted by Gasteiger charge is -2.21. The van der Waals surface area contributed by atoms with Crippen LogP contribution in [0.2, 0.25) is 0 Å². The highest BCUT2D eigenvalue weighted by Crippen LogP contribution is 2.45. The first-order chi connectivity index (χ1) is 48.4. The predicted octanol–water partition coefficient (Wildman–Crippen LogP) is 24.3. The van der Waals surface area contributed by atoms with Crippen molar-refractivity contribution in [1.82, 2.24) is 0 Å². The van der Waals surface area contributed by atoms with Gasteiger partial charge in [0.25, 0.3) is 0 Å². The van der Waals surface area contributed by atoms with Gasteiger partial charge in [-0.05, 0) is 37.5 Å². The van der Waals surface area contributed by atoms with Gasteiger partial charge < -0.3 is 33.8 Å². The highest BCUT2D eigenvalue weighted by Gasteiger charge is 2.30. The van der Waals surface area contributed by atoms with Crippen molar-refractivity contribution in [3.05, 3.63) is 0 Å². The minimum Gasteiger partial charge on any atom is -0.462 e. The fraction of sp³-hybridized carbons (Fsp3) is 0.951. The Labute approximate surface area is 613 Å². The van der Waals surface area contributed by atoms with Crippen LogP contribution in [0.25, 0.3) is 0 Å². The lowest BCUT2D eigenvalue weighted by atomic mass is 9.99. The first kappa shape index (κ1) is 98.1. The van der Waals surface area contributed by atoms with E-state index in [0.29, 0.717) is 25.7 Å². The van der Waals surface area contributed by atoms with Gasteiger partial charge in [-0.3, -0.25) is 37.3 Å². The molecule has 0 heterocycles. The summed E-state index contributed by atoms with van der Waals surface area (Å²) in [6.07, 6.45) is 62.9. The van der Waals surface area contributed by atoms with Crippen molar-refractivity contribution >= 4 is 39.5 Å². The van der Waals surface area contributed by atoms with E-state index < -0.39 is 97.5 Å². The van der Waals surface area contributed by atoms with Crippen LogP contribution in [0, 0.1) is 11.8 Å². The normalized spacial score (nSPS) is 14.4. The Bertz CT molecular complexity index is 1930. The van der Waals surface area contributed by atoms with E-state index >= 15 is 0 Å². The molecule has 17 nitrogen and oxygen atoms in total. The van der Waals surface area contributed by atoms with Gasteiger partial charge in [0.05, 0.1) is 26.4 Å². The van der Waals surface area contributed by atoms with Gasteiger partial charge in [-0.15, -0.1) is 0 Å². The monoisotopic (exact) mass is 1470 g/mol. The second kappa shape index (κ2) is 72.6. The molecule has 4 unspecified atom stereocenters. The van der Waals surface area contributed by atoms with Gasteiger partial charge in [0.2, 0.25) is 0 Å². The molecule has 0 aromatic carbocycles. The van der Waals surface area contributed by atoms with Crippen molar-refractivity contribution in [1.29, 1.82) is 0 Å². The van der Waals surface area contributed by atoms with Gasteiger partial charge in [-0.25, -0.2) is 9.13 Å². The molecule has 0 aliphatic rings. The quantitative estimate of drug-likeness (QED) is 0.0222. The molecule has 100 heavy (non-hydrogen) atoms. The Morgan fingerprint density at radius 2 is 0.480 bits per heavy atom. The number of phosphoric acid groups is 2. The van der Waals surface area contributed by atoms with E-state index in [0.717, 1.165) is 115 Å². The van der Waals surface area contributed by atoms with E-state index in [1.54, 1.807) is 0 Å². The Kier molecular flexibility index (Phi) is 71.2. The van der Waals surface area contributed by atoms with E-state index in [1.165, 1.54) is 231 Å². The van der Waals surface area contributed by atoms with Crippen molar-refractivity contribution in [2.75, 3.05) is 39.6 Å². The van der Waals surface area contributed by atoms with E-state index in [4.69, 9.17) is 37.0 Å². The fourth-order valence-electron chi connectivity index (χ4n) is 12.5.